The SMILES string of the molecule is COc1ccc(CO[C@H]2C3OC4O[C@@H]2C(O)[C@H](O4)[C@H]3OCc2ccc(OC)cc2)cc1. The number of benzene rings is 2. The van der Waals surface area contributed by atoms with Crippen LogP contribution in [0.3, 0.4) is 0 Å². The Labute approximate surface area is 180 Å². The molecule has 3 heterocycles. The highest BCUT2D eigenvalue weighted by Crippen LogP contribution is 2.42. The minimum atomic E-state index is -0.863. The molecular weight excluding hydrogens is 404 g/mol. The van der Waals surface area contributed by atoms with Gasteiger partial charge in [-0.15, -0.1) is 0 Å². The Morgan fingerprint density at radius 3 is 1.52 bits per heavy atom. The lowest BCUT2D eigenvalue weighted by molar-refractivity contribution is -0.487. The molecule has 1 saturated carbocycles. The first-order valence-corrected chi connectivity index (χ1v) is 10.3. The van der Waals surface area contributed by atoms with Crippen LogP contribution in [-0.2, 0) is 36.9 Å². The molecule has 0 aromatic heterocycles. The summed E-state index contributed by atoms with van der Waals surface area (Å²) in [5, 5.41) is 10.8. The van der Waals surface area contributed by atoms with Crippen LogP contribution in [0.15, 0.2) is 48.5 Å². The molecule has 0 amide bonds. The highest BCUT2D eigenvalue weighted by atomic mass is 16.9. The summed E-state index contributed by atoms with van der Waals surface area (Å²) in [5.74, 6) is 1.56. The molecule has 2 aromatic carbocycles. The van der Waals surface area contributed by atoms with E-state index < -0.39 is 43.1 Å². The van der Waals surface area contributed by atoms with Crippen LogP contribution in [0.4, 0.5) is 0 Å². The molecule has 6 rings (SSSR count). The predicted molar refractivity (Wildman–Crippen MR) is 108 cm³/mol. The van der Waals surface area contributed by atoms with Crippen molar-refractivity contribution in [3.63, 3.8) is 0 Å². The van der Waals surface area contributed by atoms with Gasteiger partial charge in [-0.05, 0) is 35.4 Å². The Bertz CT molecular complexity index is 801. The zero-order valence-corrected chi connectivity index (χ0v) is 17.4. The van der Waals surface area contributed by atoms with Crippen LogP contribution in [0.5, 0.6) is 11.5 Å². The summed E-state index contributed by atoms with van der Waals surface area (Å²) < 4.78 is 40.0. The Morgan fingerprint density at radius 1 is 0.677 bits per heavy atom. The third-order valence-electron chi connectivity index (χ3n) is 5.98. The minimum absolute atomic E-state index is 0.350. The second-order valence-corrected chi connectivity index (χ2v) is 7.83. The topological polar surface area (TPSA) is 84.8 Å². The number of ether oxygens (including phenoxy) is 7. The largest absolute Gasteiger partial charge is 0.497 e. The van der Waals surface area contributed by atoms with Crippen LogP contribution in [0, 0.1) is 0 Å². The molecule has 4 fully saturated rings. The molecule has 0 radical (unpaired) electrons. The van der Waals surface area contributed by atoms with E-state index in [0.29, 0.717) is 13.2 Å². The average Bonchev–Trinajstić information content (AvgIpc) is 2.81. The molecule has 166 valence electrons. The number of aliphatic hydroxyl groups excluding tert-OH is 1. The molecule has 3 aliphatic heterocycles. The normalized spacial score (nSPS) is 33.5. The van der Waals surface area contributed by atoms with E-state index >= 15 is 0 Å². The van der Waals surface area contributed by atoms with Gasteiger partial charge in [-0.2, -0.15) is 0 Å². The molecule has 1 aliphatic carbocycles. The van der Waals surface area contributed by atoms with E-state index in [2.05, 4.69) is 0 Å². The second-order valence-electron chi connectivity index (χ2n) is 7.83. The van der Waals surface area contributed by atoms with Crippen molar-refractivity contribution in [3.8, 4) is 11.5 Å². The van der Waals surface area contributed by atoms with Gasteiger partial charge in [-0.25, -0.2) is 0 Å². The molecule has 2 aromatic rings. The molecule has 3 unspecified atom stereocenters. The van der Waals surface area contributed by atoms with Gasteiger partial charge in [0.15, 0.2) is 0 Å². The molecular formula is C23H26O8. The first-order valence-electron chi connectivity index (χ1n) is 10.3. The van der Waals surface area contributed by atoms with Gasteiger partial charge < -0.3 is 38.3 Å². The van der Waals surface area contributed by atoms with Crippen LogP contribution in [0.25, 0.3) is 0 Å². The van der Waals surface area contributed by atoms with Gasteiger partial charge in [-0.1, -0.05) is 24.3 Å². The highest BCUT2D eigenvalue weighted by Gasteiger charge is 2.62. The van der Waals surface area contributed by atoms with Gasteiger partial charge in [-0.3, -0.25) is 0 Å². The van der Waals surface area contributed by atoms with Crippen molar-refractivity contribution in [1.82, 2.24) is 0 Å². The Kier molecular flexibility index (Phi) is 5.83. The number of hydrogen-bond donors (Lipinski definition) is 1. The van der Waals surface area contributed by atoms with E-state index in [4.69, 9.17) is 33.2 Å². The van der Waals surface area contributed by atoms with E-state index in [9.17, 15) is 5.11 Å². The lowest BCUT2D eigenvalue weighted by Gasteiger charge is -2.57. The van der Waals surface area contributed by atoms with E-state index in [0.717, 1.165) is 22.6 Å². The Hall–Kier alpha value is -2.20. The summed E-state index contributed by atoms with van der Waals surface area (Å²) in [7, 11) is 3.26. The number of hydrogen-bond acceptors (Lipinski definition) is 8. The Balaban J connectivity index is 1.27. The molecule has 31 heavy (non-hydrogen) atoms. The third-order valence-corrected chi connectivity index (χ3v) is 5.98. The van der Waals surface area contributed by atoms with Crippen LogP contribution in [0.1, 0.15) is 11.1 Å². The monoisotopic (exact) mass is 430 g/mol. The molecule has 0 spiro atoms. The van der Waals surface area contributed by atoms with Crippen molar-refractivity contribution < 1.29 is 38.3 Å². The predicted octanol–water partition coefficient (Wildman–Crippen LogP) is 2.02. The van der Waals surface area contributed by atoms with Crippen molar-refractivity contribution in [2.75, 3.05) is 14.2 Å². The minimum Gasteiger partial charge on any atom is -0.497 e. The standard InChI is InChI=1S/C23H26O8/c1-25-15-7-3-13(4-8-15)11-27-20-18-17(24)19-21(22(20)31-23(29-18)30-19)28-12-14-5-9-16(26-2)10-6-14/h3-10,17-24H,11-12H2,1-2H3/t17?,18-,19+,20-,21-,22?,23?/m1/s1. The first kappa shape index (κ1) is 20.7. The van der Waals surface area contributed by atoms with Gasteiger partial charge in [0.05, 0.1) is 27.4 Å². The maximum absolute atomic E-state index is 10.8. The summed E-state index contributed by atoms with van der Waals surface area (Å²) in [6.07, 6.45) is -3.27. The lowest BCUT2D eigenvalue weighted by atomic mass is 9.82. The van der Waals surface area contributed by atoms with Crippen molar-refractivity contribution in [3.05, 3.63) is 59.7 Å². The van der Waals surface area contributed by atoms with Gasteiger partial charge in [0, 0.05) is 0 Å². The van der Waals surface area contributed by atoms with Gasteiger partial charge in [0.25, 0.3) is 6.48 Å². The second kappa shape index (κ2) is 8.74. The molecule has 4 aliphatic rings. The van der Waals surface area contributed by atoms with Crippen molar-refractivity contribution in [2.45, 2.75) is 56.3 Å². The molecule has 1 N–H and O–H groups in total. The summed E-state index contributed by atoms with van der Waals surface area (Å²) in [5.41, 5.74) is 1.96. The van der Waals surface area contributed by atoms with Gasteiger partial charge >= 0.3 is 0 Å². The first-order chi connectivity index (χ1) is 15.2. The smallest absolute Gasteiger partial charge is 0.272 e. The van der Waals surface area contributed by atoms with Crippen molar-refractivity contribution in [2.24, 2.45) is 0 Å². The van der Waals surface area contributed by atoms with E-state index in [1.165, 1.54) is 0 Å². The van der Waals surface area contributed by atoms with Crippen LogP contribution >= 0.6 is 0 Å². The quantitative estimate of drug-likeness (QED) is 0.681. The Morgan fingerprint density at radius 2 is 1.10 bits per heavy atom. The highest BCUT2D eigenvalue weighted by molar-refractivity contribution is 5.27. The lowest BCUT2D eigenvalue weighted by Crippen LogP contribution is -2.75. The zero-order valence-electron chi connectivity index (χ0n) is 17.4. The molecule has 8 nitrogen and oxygen atoms in total. The van der Waals surface area contributed by atoms with Crippen LogP contribution in [0.2, 0.25) is 0 Å². The van der Waals surface area contributed by atoms with Crippen molar-refractivity contribution >= 4 is 0 Å². The zero-order chi connectivity index (χ0) is 21.4. The van der Waals surface area contributed by atoms with Gasteiger partial charge in [0.1, 0.15) is 48.1 Å². The molecule has 3 saturated heterocycles. The third kappa shape index (κ3) is 4.03. The van der Waals surface area contributed by atoms with E-state index in [1.807, 2.05) is 48.5 Å². The van der Waals surface area contributed by atoms with Gasteiger partial charge in [0.2, 0.25) is 0 Å². The summed E-state index contributed by atoms with van der Waals surface area (Å²) >= 11 is 0. The van der Waals surface area contributed by atoms with Crippen LogP contribution < -0.4 is 9.47 Å². The number of methoxy groups -OCH3 is 2. The average molecular weight is 430 g/mol. The van der Waals surface area contributed by atoms with Crippen molar-refractivity contribution in [1.29, 1.82) is 0 Å². The fourth-order valence-electron chi connectivity index (χ4n) is 4.30. The van der Waals surface area contributed by atoms with Crippen LogP contribution in [-0.4, -0.2) is 62.4 Å². The summed E-state index contributed by atoms with van der Waals surface area (Å²) in [6.45, 7) is -0.101. The number of aliphatic hydroxyl groups is 1. The number of rotatable bonds is 8. The maximum Gasteiger partial charge on any atom is 0.272 e. The van der Waals surface area contributed by atoms with E-state index in [1.54, 1.807) is 14.2 Å². The summed E-state index contributed by atoms with van der Waals surface area (Å²) in [4.78, 5) is 0. The molecule has 7 atom stereocenters. The van der Waals surface area contributed by atoms with E-state index in [-0.39, 0.29) is 0 Å². The fraction of sp³-hybridized carbons (Fsp3) is 0.478. The summed E-state index contributed by atoms with van der Waals surface area (Å²) in [6, 6.07) is 15.3. The maximum atomic E-state index is 10.8. The molecule has 8 heteroatoms. The fourth-order valence-corrected chi connectivity index (χ4v) is 4.30. The molecule has 4 bridgehead atoms.